The van der Waals surface area contributed by atoms with Gasteiger partial charge in [-0.2, -0.15) is 0 Å². The van der Waals surface area contributed by atoms with Gasteiger partial charge in [0.05, 0.1) is 11.0 Å². The van der Waals surface area contributed by atoms with E-state index in [-0.39, 0.29) is 0 Å². The van der Waals surface area contributed by atoms with Crippen molar-refractivity contribution in [3.8, 4) is 39.3 Å². The molecular weight excluding hydrogens is 649 g/mol. The van der Waals surface area contributed by atoms with Gasteiger partial charge in [-0.25, -0.2) is 4.98 Å². The molecule has 0 N–H and O–H groups in total. The lowest BCUT2D eigenvalue weighted by molar-refractivity contribution is 1.10. The van der Waals surface area contributed by atoms with E-state index in [0.717, 1.165) is 28.1 Å². The van der Waals surface area contributed by atoms with Crippen LogP contribution < -0.4 is 0 Å². The molecule has 0 atom stereocenters. The number of nitrogens with zero attached hydrogens (tertiary/aromatic N) is 2. The van der Waals surface area contributed by atoms with E-state index in [9.17, 15) is 0 Å². The standard InChI is InChI=1S/C49H30N2S/c1-2-13-33(14-3-1)49-50-43-20-10-11-21-44(43)51(49)35-26-22-32(23-27-35)46-37-16-6-8-18-39(37)47(40-19-9-7-17-38(40)46)34-25-29-45-42(30-34)41-28-24-31-12-4-5-15-36(31)48(41)52-45/h1-30H. The Kier molecular flexibility index (Phi) is 6.46. The lowest BCUT2D eigenvalue weighted by atomic mass is 9.85. The summed E-state index contributed by atoms with van der Waals surface area (Å²) in [7, 11) is 0. The Morgan fingerprint density at radius 3 is 1.73 bits per heavy atom. The number of fused-ring (bicyclic) bond motifs is 8. The van der Waals surface area contributed by atoms with Crippen molar-refractivity contribution in [2.45, 2.75) is 0 Å². The van der Waals surface area contributed by atoms with E-state index in [1.54, 1.807) is 0 Å². The van der Waals surface area contributed by atoms with Gasteiger partial charge in [0.1, 0.15) is 5.82 Å². The molecule has 0 fully saturated rings. The molecule has 0 unspecified atom stereocenters. The lowest BCUT2D eigenvalue weighted by Gasteiger charge is -2.18. The van der Waals surface area contributed by atoms with Gasteiger partial charge in [0.2, 0.25) is 0 Å². The van der Waals surface area contributed by atoms with Crippen LogP contribution >= 0.6 is 11.3 Å². The Balaban J connectivity index is 1.11. The Bertz CT molecular complexity index is 3110. The van der Waals surface area contributed by atoms with Crippen molar-refractivity contribution in [3.63, 3.8) is 0 Å². The average molecular weight is 679 g/mol. The van der Waals surface area contributed by atoms with E-state index in [4.69, 9.17) is 4.98 Å². The van der Waals surface area contributed by atoms with Crippen molar-refractivity contribution in [3.05, 3.63) is 182 Å². The molecule has 0 saturated heterocycles. The molecule has 0 amide bonds. The van der Waals surface area contributed by atoms with Gasteiger partial charge < -0.3 is 0 Å². The number of aromatic nitrogens is 2. The molecule has 0 radical (unpaired) electrons. The van der Waals surface area contributed by atoms with Crippen molar-refractivity contribution in [1.82, 2.24) is 9.55 Å². The van der Waals surface area contributed by atoms with Gasteiger partial charge in [-0.1, -0.05) is 146 Å². The minimum atomic E-state index is 0.943. The van der Waals surface area contributed by atoms with Crippen LogP contribution in [0.2, 0.25) is 0 Å². The predicted octanol–water partition coefficient (Wildman–Crippen LogP) is 13.9. The van der Waals surface area contributed by atoms with E-state index in [0.29, 0.717) is 0 Å². The fourth-order valence-corrected chi connectivity index (χ4v) is 9.47. The Labute approximate surface area is 304 Å². The van der Waals surface area contributed by atoms with Crippen molar-refractivity contribution in [2.75, 3.05) is 0 Å². The Morgan fingerprint density at radius 1 is 0.404 bits per heavy atom. The highest BCUT2D eigenvalue weighted by molar-refractivity contribution is 7.26. The normalized spacial score (nSPS) is 11.8. The minimum absolute atomic E-state index is 0.943. The van der Waals surface area contributed by atoms with E-state index in [2.05, 4.69) is 187 Å². The molecule has 0 aliphatic heterocycles. The first-order valence-corrected chi connectivity index (χ1v) is 18.5. The molecular formula is C49H30N2S. The van der Waals surface area contributed by atoms with Crippen LogP contribution in [0.1, 0.15) is 0 Å². The third kappa shape index (κ3) is 4.40. The van der Waals surface area contributed by atoms with Crippen LogP contribution in [-0.2, 0) is 0 Å². The molecule has 52 heavy (non-hydrogen) atoms. The molecule has 0 aliphatic rings. The van der Waals surface area contributed by atoms with Gasteiger partial charge in [0, 0.05) is 31.4 Å². The highest BCUT2D eigenvalue weighted by Crippen LogP contribution is 2.46. The number of rotatable bonds is 4. The molecule has 0 spiro atoms. The second-order valence-corrected chi connectivity index (χ2v) is 14.5. The molecule has 242 valence electrons. The summed E-state index contributed by atoms with van der Waals surface area (Å²) in [5, 5.41) is 10.3. The van der Waals surface area contributed by atoms with Crippen LogP contribution in [0.3, 0.4) is 0 Å². The largest absolute Gasteiger partial charge is 0.292 e. The highest BCUT2D eigenvalue weighted by atomic mass is 32.1. The fourth-order valence-electron chi connectivity index (χ4n) is 8.26. The summed E-state index contributed by atoms with van der Waals surface area (Å²) < 4.78 is 4.96. The van der Waals surface area contributed by atoms with Gasteiger partial charge in [-0.3, -0.25) is 4.57 Å². The third-order valence-corrected chi connectivity index (χ3v) is 11.8. The summed E-state index contributed by atoms with van der Waals surface area (Å²) in [5.41, 5.74) is 9.25. The van der Waals surface area contributed by atoms with Crippen molar-refractivity contribution in [1.29, 1.82) is 0 Å². The second-order valence-electron chi connectivity index (χ2n) is 13.5. The Hall–Kier alpha value is -6.55. The van der Waals surface area contributed by atoms with Crippen LogP contribution in [-0.4, -0.2) is 9.55 Å². The minimum Gasteiger partial charge on any atom is -0.292 e. The molecule has 2 aromatic heterocycles. The zero-order valence-corrected chi connectivity index (χ0v) is 28.9. The number of thiophene rings is 1. The monoisotopic (exact) mass is 678 g/mol. The molecule has 9 aromatic carbocycles. The molecule has 0 aliphatic carbocycles. The summed E-state index contributed by atoms with van der Waals surface area (Å²) in [4.78, 5) is 5.07. The smallest absolute Gasteiger partial charge is 0.145 e. The molecule has 11 aromatic rings. The van der Waals surface area contributed by atoms with E-state index in [1.165, 1.54) is 74.7 Å². The summed E-state index contributed by atoms with van der Waals surface area (Å²) >= 11 is 1.90. The summed E-state index contributed by atoms with van der Waals surface area (Å²) in [6.45, 7) is 0. The van der Waals surface area contributed by atoms with Gasteiger partial charge in [-0.05, 0) is 91.0 Å². The summed E-state index contributed by atoms with van der Waals surface area (Å²) in [6, 6.07) is 66.1. The molecule has 3 heteroatoms. The zero-order valence-electron chi connectivity index (χ0n) is 28.1. The number of para-hydroxylation sites is 2. The van der Waals surface area contributed by atoms with Crippen LogP contribution in [0.5, 0.6) is 0 Å². The molecule has 0 bridgehead atoms. The maximum absolute atomic E-state index is 5.07. The van der Waals surface area contributed by atoms with Crippen molar-refractivity contribution in [2.24, 2.45) is 0 Å². The fraction of sp³-hybridized carbons (Fsp3) is 0. The summed E-state index contributed by atoms with van der Waals surface area (Å²) in [6.07, 6.45) is 0. The predicted molar refractivity (Wildman–Crippen MR) is 223 cm³/mol. The molecule has 2 heterocycles. The topological polar surface area (TPSA) is 17.8 Å². The van der Waals surface area contributed by atoms with Crippen LogP contribution in [0.15, 0.2) is 182 Å². The first kappa shape index (κ1) is 29.2. The van der Waals surface area contributed by atoms with E-state index >= 15 is 0 Å². The van der Waals surface area contributed by atoms with Crippen molar-refractivity contribution < 1.29 is 0 Å². The van der Waals surface area contributed by atoms with Crippen LogP contribution in [0.25, 0.3) is 103 Å². The van der Waals surface area contributed by atoms with E-state index < -0.39 is 0 Å². The number of hydrogen-bond donors (Lipinski definition) is 0. The van der Waals surface area contributed by atoms with Gasteiger partial charge >= 0.3 is 0 Å². The molecule has 0 saturated carbocycles. The highest BCUT2D eigenvalue weighted by Gasteiger charge is 2.19. The Morgan fingerprint density at radius 2 is 1.00 bits per heavy atom. The molecule has 2 nitrogen and oxygen atoms in total. The first-order chi connectivity index (χ1) is 25.8. The maximum Gasteiger partial charge on any atom is 0.145 e. The first-order valence-electron chi connectivity index (χ1n) is 17.7. The second kappa shape index (κ2) is 11.5. The van der Waals surface area contributed by atoms with Crippen LogP contribution in [0.4, 0.5) is 0 Å². The van der Waals surface area contributed by atoms with Gasteiger partial charge in [0.15, 0.2) is 0 Å². The zero-order chi connectivity index (χ0) is 34.2. The lowest BCUT2D eigenvalue weighted by Crippen LogP contribution is -1.97. The summed E-state index contributed by atoms with van der Waals surface area (Å²) in [5.74, 6) is 0.943. The van der Waals surface area contributed by atoms with Crippen LogP contribution in [0, 0.1) is 0 Å². The molecule has 11 rings (SSSR count). The third-order valence-electron chi connectivity index (χ3n) is 10.6. The quantitative estimate of drug-likeness (QED) is 0.169. The maximum atomic E-state index is 5.07. The number of benzene rings is 9. The van der Waals surface area contributed by atoms with Crippen molar-refractivity contribution >= 4 is 74.9 Å². The average Bonchev–Trinajstić information content (AvgIpc) is 3.79. The van der Waals surface area contributed by atoms with Gasteiger partial charge in [0.25, 0.3) is 0 Å². The number of imidazole rings is 1. The number of hydrogen-bond acceptors (Lipinski definition) is 2. The van der Waals surface area contributed by atoms with Gasteiger partial charge in [-0.15, -0.1) is 11.3 Å². The van der Waals surface area contributed by atoms with E-state index in [1.807, 2.05) is 11.3 Å². The SMILES string of the molecule is c1ccc(-c2nc3ccccc3n2-c2ccc(-c3c4ccccc4c(-c4ccc5sc6c7ccccc7ccc6c5c4)c4ccccc34)cc2)cc1.